The summed E-state index contributed by atoms with van der Waals surface area (Å²) in [5.74, 6) is -1.05. The van der Waals surface area contributed by atoms with Crippen LogP contribution in [0.2, 0.25) is 0 Å². The molecule has 0 spiro atoms. The second kappa shape index (κ2) is 4.23. The normalized spacial score (nSPS) is 10.9. The van der Waals surface area contributed by atoms with E-state index in [1.165, 1.54) is 0 Å². The van der Waals surface area contributed by atoms with Gasteiger partial charge in [-0.2, -0.15) is 0 Å². The van der Waals surface area contributed by atoms with Gasteiger partial charge in [-0.25, -0.2) is 13.2 Å². The summed E-state index contributed by atoms with van der Waals surface area (Å²) in [7, 11) is 0. The van der Waals surface area contributed by atoms with Crippen molar-refractivity contribution in [3.05, 3.63) is 26.8 Å². The molecule has 0 bridgehead atoms. The molecule has 2 nitrogen and oxygen atoms in total. The maximum absolute atomic E-state index is 13.0. The Kier molecular flexibility index (Phi) is 3.48. The smallest absolute Gasteiger partial charge is 0.283 e. The third kappa shape index (κ3) is 2.11. The van der Waals surface area contributed by atoms with Crippen molar-refractivity contribution in [3.63, 3.8) is 0 Å². The number of pyridine rings is 1. The first-order valence-electron chi connectivity index (χ1n) is 3.29. The molecule has 1 heterocycles. The first-order valence-corrected chi connectivity index (χ1v) is 4.37. The fraction of sp³-hybridized carbons (Fsp3) is 0.286. The minimum atomic E-state index is -2.93. The molecule has 72 valence electrons. The van der Waals surface area contributed by atoms with Crippen LogP contribution < -0.4 is 0 Å². The van der Waals surface area contributed by atoms with Gasteiger partial charge in [-0.3, -0.25) is 4.98 Å². The molecule has 13 heavy (non-hydrogen) atoms. The number of aromatic nitrogens is 1. The molecule has 0 saturated carbocycles. The van der Waals surface area contributed by atoms with E-state index in [0.29, 0.717) is 0 Å². The highest BCUT2D eigenvalue weighted by Gasteiger charge is 2.19. The Morgan fingerprint density at radius 2 is 2.15 bits per heavy atom. The Morgan fingerprint density at radius 3 is 2.62 bits per heavy atom. The summed E-state index contributed by atoms with van der Waals surface area (Å²) < 4.78 is 37.2. The topological polar surface area (TPSA) is 33.1 Å². The minimum Gasteiger partial charge on any atom is -0.392 e. The standard InChI is InChI=1S/C7H5F3INO/c8-4-5(11)3(2-13)1-12-6(4)7(9)10/h1,7,13H,2H2. The van der Waals surface area contributed by atoms with Crippen LogP contribution in [-0.4, -0.2) is 10.1 Å². The fourth-order valence-electron chi connectivity index (χ4n) is 0.777. The Balaban J connectivity index is 3.23. The second-order valence-corrected chi connectivity index (χ2v) is 3.33. The molecule has 0 saturated heterocycles. The van der Waals surface area contributed by atoms with Crippen LogP contribution in [0.5, 0.6) is 0 Å². The fourth-order valence-corrected chi connectivity index (χ4v) is 1.36. The highest BCUT2D eigenvalue weighted by atomic mass is 127. The largest absolute Gasteiger partial charge is 0.392 e. The van der Waals surface area contributed by atoms with Gasteiger partial charge in [0.1, 0.15) is 5.69 Å². The van der Waals surface area contributed by atoms with Crippen LogP contribution in [-0.2, 0) is 6.61 Å². The van der Waals surface area contributed by atoms with Gasteiger partial charge in [-0.15, -0.1) is 0 Å². The molecule has 1 rings (SSSR count). The highest BCUT2D eigenvalue weighted by molar-refractivity contribution is 14.1. The van der Waals surface area contributed by atoms with Crippen molar-refractivity contribution in [2.75, 3.05) is 0 Å². The molecule has 1 aromatic heterocycles. The molecule has 1 N–H and O–H groups in total. The van der Waals surface area contributed by atoms with Crippen molar-refractivity contribution < 1.29 is 18.3 Å². The average molecular weight is 303 g/mol. The maximum atomic E-state index is 13.0. The highest BCUT2D eigenvalue weighted by Crippen LogP contribution is 2.24. The van der Waals surface area contributed by atoms with Crippen molar-refractivity contribution in [3.8, 4) is 0 Å². The lowest BCUT2D eigenvalue weighted by atomic mass is 10.2. The van der Waals surface area contributed by atoms with Gasteiger partial charge in [-0.1, -0.05) is 0 Å². The van der Waals surface area contributed by atoms with Crippen molar-refractivity contribution >= 4 is 22.6 Å². The number of hydrogen-bond donors (Lipinski definition) is 1. The lowest BCUT2D eigenvalue weighted by Crippen LogP contribution is -2.02. The molecule has 0 fully saturated rings. The summed E-state index contributed by atoms with van der Waals surface area (Å²) in [6, 6.07) is 0. The molecule has 0 amide bonds. The Labute approximate surface area is 85.9 Å². The molecule has 0 atom stereocenters. The average Bonchev–Trinajstić information content (AvgIpc) is 2.09. The monoisotopic (exact) mass is 303 g/mol. The molecule has 0 aromatic carbocycles. The molecular weight excluding hydrogens is 298 g/mol. The quantitative estimate of drug-likeness (QED) is 0.850. The van der Waals surface area contributed by atoms with E-state index in [1.807, 2.05) is 0 Å². The summed E-state index contributed by atoms with van der Waals surface area (Å²) in [4.78, 5) is 3.22. The molecular formula is C7H5F3INO. The number of aliphatic hydroxyl groups is 1. The first kappa shape index (κ1) is 10.7. The van der Waals surface area contributed by atoms with E-state index in [0.717, 1.165) is 6.20 Å². The number of alkyl halides is 2. The zero-order chi connectivity index (χ0) is 10.0. The van der Waals surface area contributed by atoms with E-state index in [-0.39, 0.29) is 9.13 Å². The molecule has 6 heteroatoms. The molecule has 0 aliphatic carbocycles. The van der Waals surface area contributed by atoms with Crippen LogP contribution in [0.1, 0.15) is 17.7 Å². The van der Waals surface area contributed by atoms with E-state index >= 15 is 0 Å². The summed E-state index contributed by atoms with van der Waals surface area (Å²) in [5, 5.41) is 8.67. The minimum absolute atomic E-state index is 0.00889. The Hall–Kier alpha value is -0.370. The zero-order valence-corrected chi connectivity index (χ0v) is 8.43. The molecule has 0 radical (unpaired) electrons. The van der Waals surface area contributed by atoms with E-state index < -0.39 is 24.5 Å². The van der Waals surface area contributed by atoms with Crippen molar-refractivity contribution in [1.29, 1.82) is 0 Å². The van der Waals surface area contributed by atoms with E-state index in [9.17, 15) is 13.2 Å². The van der Waals surface area contributed by atoms with E-state index in [1.54, 1.807) is 22.6 Å². The van der Waals surface area contributed by atoms with E-state index in [4.69, 9.17) is 5.11 Å². The van der Waals surface area contributed by atoms with Crippen molar-refractivity contribution in [2.24, 2.45) is 0 Å². The van der Waals surface area contributed by atoms with Gasteiger partial charge in [0.15, 0.2) is 5.82 Å². The van der Waals surface area contributed by atoms with Crippen LogP contribution in [0.15, 0.2) is 6.20 Å². The lowest BCUT2D eigenvalue weighted by Gasteiger charge is -2.05. The lowest BCUT2D eigenvalue weighted by molar-refractivity contribution is 0.140. The van der Waals surface area contributed by atoms with Crippen LogP contribution in [0.25, 0.3) is 0 Å². The molecule has 0 unspecified atom stereocenters. The molecule has 0 aliphatic heterocycles. The van der Waals surface area contributed by atoms with Gasteiger partial charge in [0.2, 0.25) is 0 Å². The van der Waals surface area contributed by atoms with Gasteiger partial charge >= 0.3 is 0 Å². The SMILES string of the molecule is OCc1cnc(C(F)F)c(F)c1I. The van der Waals surface area contributed by atoms with Crippen LogP contribution in [0.3, 0.4) is 0 Å². The van der Waals surface area contributed by atoms with Gasteiger partial charge < -0.3 is 5.11 Å². The predicted octanol–water partition coefficient (Wildman–Crippen LogP) is 2.26. The molecule has 1 aromatic rings. The number of aliphatic hydroxyl groups excluding tert-OH is 1. The van der Waals surface area contributed by atoms with Crippen molar-refractivity contribution in [2.45, 2.75) is 13.0 Å². The Morgan fingerprint density at radius 1 is 1.54 bits per heavy atom. The number of hydrogen-bond acceptors (Lipinski definition) is 2. The Bertz CT molecular complexity index is 319. The van der Waals surface area contributed by atoms with Gasteiger partial charge in [0.25, 0.3) is 6.43 Å². The summed E-state index contributed by atoms with van der Waals surface area (Å²) in [5.41, 5.74) is -0.663. The number of rotatable bonds is 2. The van der Waals surface area contributed by atoms with Crippen molar-refractivity contribution in [1.82, 2.24) is 4.98 Å². The first-order chi connectivity index (χ1) is 6.07. The number of nitrogens with zero attached hydrogens (tertiary/aromatic N) is 1. The van der Waals surface area contributed by atoms with E-state index in [2.05, 4.69) is 4.98 Å². The van der Waals surface area contributed by atoms with Crippen LogP contribution in [0, 0.1) is 9.39 Å². The van der Waals surface area contributed by atoms with Gasteiger partial charge in [-0.05, 0) is 22.6 Å². The predicted molar refractivity (Wildman–Crippen MR) is 47.8 cm³/mol. The van der Waals surface area contributed by atoms with Crippen LogP contribution >= 0.6 is 22.6 Å². The van der Waals surface area contributed by atoms with Crippen LogP contribution in [0.4, 0.5) is 13.2 Å². The number of halogens is 4. The summed E-state index contributed by atoms with van der Waals surface area (Å²) in [6.45, 7) is -0.411. The zero-order valence-electron chi connectivity index (χ0n) is 6.27. The maximum Gasteiger partial charge on any atom is 0.283 e. The third-order valence-corrected chi connectivity index (χ3v) is 2.60. The molecule has 0 aliphatic rings. The summed E-state index contributed by atoms with van der Waals surface area (Å²) >= 11 is 1.56. The summed E-state index contributed by atoms with van der Waals surface area (Å²) in [6.07, 6.45) is -1.88. The second-order valence-electron chi connectivity index (χ2n) is 2.26. The third-order valence-electron chi connectivity index (χ3n) is 1.44. The van der Waals surface area contributed by atoms with Gasteiger partial charge in [0, 0.05) is 11.8 Å². The van der Waals surface area contributed by atoms with Gasteiger partial charge in [0.05, 0.1) is 10.2 Å².